The van der Waals surface area contributed by atoms with Gasteiger partial charge < -0.3 is 20.1 Å². The summed E-state index contributed by atoms with van der Waals surface area (Å²) in [5, 5.41) is 13.9. The number of anilines is 1. The van der Waals surface area contributed by atoms with Crippen LogP contribution in [0.25, 0.3) is 11.5 Å². The number of methoxy groups -OCH3 is 1. The predicted molar refractivity (Wildman–Crippen MR) is 68.3 cm³/mol. The summed E-state index contributed by atoms with van der Waals surface area (Å²) in [5.74, 6) is 0.735. The normalized spacial score (nSPS) is 17.1. The van der Waals surface area contributed by atoms with Crippen molar-refractivity contribution in [3.63, 3.8) is 0 Å². The number of hydrogen-bond acceptors (Lipinski definition) is 6. The first-order valence-electron chi connectivity index (χ1n) is 6.13. The molecule has 19 heavy (non-hydrogen) atoms. The molecule has 0 unspecified atom stereocenters. The molecule has 1 saturated carbocycles. The highest BCUT2D eigenvalue weighted by atomic mass is 16.5. The molecule has 1 aliphatic rings. The molecule has 1 fully saturated rings. The first-order valence-corrected chi connectivity index (χ1v) is 6.13. The standard InChI is InChI=1S/C13H15N3O3/c1-18-13(6-3-7-13)12-15-11(19-16-12)8-4-2-5-9(14)10(8)17/h2,4-5,17H,3,6-7,14H2,1H3. The topological polar surface area (TPSA) is 94.4 Å². The van der Waals surface area contributed by atoms with Crippen molar-refractivity contribution in [2.45, 2.75) is 24.9 Å². The molecular weight excluding hydrogens is 246 g/mol. The van der Waals surface area contributed by atoms with Crippen LogP contribution >= 0.6 is 0 Å². The van der Waals surface area contributed by atoms with Crippen LogP contribution in [-0.2, 0) is 10.3 Å². The summed E-state index contributed by atoms with van der Waals surface area (Å²) in [7, 11) is 1.65. The number of phenols is 1. The van der Waals surface area contributed by atoms with E-state index in [0.29, 0.717) is 11.4 Å². The third-order valence-corrected chi connectivity index (χ3v) is 3.68. The highest BCUT2D eigenvalue weighted by Gasteiger charge is 2.43. The molecule has 0 radical (unpaired) electrons. The average molecular weight is 261 g/mol. The van der Waals surface area contributed by atoms with Gasteiger partial charge in [0.2, 0.25) is 5.82 Å². The fourth-order valence-electron chi connectivity index (χ4n) is 2.27. The Morgan fingerprint density at radius 2 is 2.21 bits per heavy atom. The van der Waals surface area contributed by atoms with Gasteiger partial charge in [-0.2, -0.15) is 4.98 Å². The molecule has 0 atom stereocenters. The van der Waals surface area contributed by atoms with Gasteiger partial charge in [0.25, 0.3) is 5.89 Å². The zero-order chi connectivity index (χ0) is 13.5. The Morgan fingerprint density at radius 1 is 1.42 bits per heavy atom. The van der Waals surface area contributed by atoms with E-state index in [0.717, 1.165) is 19.3 Å². The maximum Gasteiger partial charge on any atom is 0.261 e. The molecule has 2 aromatic rings. The second-order valence-electron chi connectivity index (χ2n) is 4.72. The maximum absolute atomic E-state index is 9.91. The molecule has 0 amide bonds. The van der Waals surface area contributed by atoms with Gasteiger partial charge >= 0.3 is 0 Å². The summed E-state index contributed by atoms with van der Waals surface area (Å²) >= 11 is 0. The van der Waals surface area contributed by atoms with Crippen LogP contribution < -0.4 is 5.73 Å². The van der Waals surface area contributed by atoms with Crippen LogP contribution in [0.5, 0.6) is 5.75 Å². The van der Waals surface area contributed by atoms with Crippen LogP contribution in [0, 0.1) is 0 Å². The second-order valence-corrected chi connectivity index (χ2v) is 4.72. The van der Waals surface area contributed by atoms with Gasteiger partial charge in [0.15, 0.2) is 5.75 Å². The maximum atomic E-state index is 9.91. The Morgan fingerprint density at radius 3 is 2.84 bits per heavy atom. The molecule has 0 saturated heterocycles. The second kappa shape index (κ2) is 4.24. The zero-order valence-corrected chi connectivity index (χ0v) is 10.6. The van der Waals surface area contributed by atoms with Crippen LogP contribution in [0.15, 0.2) is 22.7 Å². The van der Waals surface area contributed by atoms with E-state index in [9.17, 15) is 5.11 Å². The molecule has 0 bridgehead atoms. The fraction of sp³-hybridized carbons (Fsp3) is 0.385. The Bertz CT molecular complexity index is 599. The molecular formula is C13H15N3O3. The van der Waals surface area contributed by atoms with Crippen molar-refractivity contribution in [2.75, 3.05) is 12.8 Å². The lowest BCUT2D eigenvalue weighted by Gasteiger charge is -2.37. The van der Waals surface area contributed by atoms with Crippen LogP contribution in [0.2, 0.25) is 0 Å². The minimum atomic E-state index is -0.433. The van der Waals surface area contributed by atoms with E-state index in [1.165, 1.54) is 0 Å². The van der Waals surface area contributed by atoms with Gasteiger partial charge in [0.1, 0.15) is 5.60 Å². The molecule has 6 heteroatoms. The molecule has 0 spiro atoms. The zero-order valence-electron chi connectivity index (χ0n) is 10.6. The van der Waals surface area contributed by atoms with Crippen molar-refractivity contribution >= 4 is 5.69 Å². The van der Waals surface area contributed by atoms with Gasteiger partial charge in [0.05, 0.1) is 11.3 Å². The van der Waals surface area contributed by atoms with E-state index in [1.54, 1.807) is 25.3 Å². The fourth-order valence-corrected chi connectivity index (χ4v) is 2.27. The van der Waals surface area contributed by atoms with Crippen molar-refractivity contribution in [3.8, 4) is 17.2 Å². The number of aromatic hydroxyl groups is 1. The summed E-state index contributed by atoms with van der Waals surface area (Å²) in [4.78, 5) is 4.33. The van der Waals surface area contributed by atoms with Crippen molar-refractivity contribution < 1.29 is 14.4 Å². The van der Waals surface area contributed by atoms with Crippen molar-refractivity contribution in [2.24, 2.45) is 0 Å². The quantitative estimate of drug-likeness (QED) is 0.648. The van der Waals surface area contributed by atoms with Gasteiger partial charge in [0, 0.05) is 7.11 Å². The molecule has 6 nitrogen and oxygen atoms in total. The Hall–Kier alpha value is -2.08. The molecule has 0 aliphatic heterocycles. The summed E-state index contributed by atoms with van der Waals surface area (Å²) in [6.07, 6.45) is 2.85. The summed E-state index contributed by atoms with van der Waals surface area (Å²) in [5.41, 5.74) is 5.93. The number of hydrogen-bond donors (Lipinski definition) is 2. The van der Waals surface area contributed by atoms with E-state index in [-0.39, 0.29) is 17.3 Å². The van der Waals surface area contributed by atoms with Gasteiger partial charge in [-0.3, -0.25) is 0 Å². The molecule has 3 N–H and O–H groups in total. The van der Waals surface area contributed by atoms with Gasteiger partial charge in [-0.1, -0.05) is 11.2 Å². The number of rotatable bonds is 3. The Kier molecular flexibility index (Phi) is 2.67. The van der Waals surface area contributed by atoms with E-state index >= 15 is 0 Å². The number of nitrogens with zero attached hydrogens (tertiary/aromatic N) is 2. The SMILES string of the molecule is COC1(c2noc(-c3cccc(N)c3O)n2)CCC1. The van der Waals surface area contributed by atoms with E-state index in [4.69, 9.17) is 15.0 Å². The van der Waals surface area contributed by atoms with Crippen LogP contribution in [-0.4, -0.2) is 22.4 Å². The molecule has 1 heterocycles. The smallest absolute Gasteiger partial charge is 0.261 e. The van der Waals surface area contributed by atoms with Crippen molar-refractivity contribution in [1.29, 1.82) is 0 Å². The number of aromatic nitrogens is 2. The number of ether oxygens (including phenoxy) is 1. The Labute approximate surface area is 110 Å². The average Bonchev–Trinajstić information content (AvgIpc) is 2.82. The largest absolute Gasteiger partial charge is 0.505 e. The summed E-state index contributed by atoms with van der Waals surface area (Å²) in [6.45, 7) is 0. The van der Waals surface area contributed by atoms with Gasteiger partial charge in [-0.05, 0) is 31.4 Å². The van der Waals surface area contributed by atoms with Crippen LogP contribution in [0.1, 0.15) is 25.1 Å². The number of benzene rings is 1. The summed E-state index contributed by atoms with van der Waals surface area (Å²) < 4.78 is 10.7. The van der Waals surface area contributed by atoms with Crippen LogP contribution in [0.3, 0.4) is 0 Å². The lowest BCUT2D eigenvalue weighted by Crippen LogP contribution is -2.37. The predicted octanol–water partition coefficient (Wildman–Crippen LogP) is 2.05. The Balaban J connectivity index is 1.99. The van der Waals surface area contributed by atoms with E-state index in [2.05, 4.69) is 10.1 Å². The van der Waals surface area contributed by atoms with Crippen molar-refractivity contribution in [1.82, 2.24) is 10.1 Å². The lowest BCUT2D eigenvalue weighted by molar-refractivity contribution is -0.0858. The van der Waals surface area contributed by atoms with E-state index < -0.39 is 5.60 Å². The van der Waals surface area contributed by atoms with Crippen LogP contribution in [0.4, 0.5) is 5.69 Å². The number of phenolic OH excluding ortho intramolecular Hbond substituents is 1. The van der Waals surface area contributed by atoms with E-state index in [1.807, 2.05) is 0 Å². The van der Waals surface area contributed by atoms with Crippen molar-refractivity contribution in [3.05, 3.63) is 24.0 Å². The number of para-hydroxylation sites is 1. The summed E-state index contributed by atoms with van der Waals surface area (Å²) in [6, 6.07) is 5.02. The number of nitrogens with two attached hydrogens (primary N) is 1. The third kappa shape index (κ3) is 1.76. The highest BCUT2D eigenvalue weighted by Crippen LogP contribution is 2.43. The highest BCUT2D eigenvalue weighted by molar-refractivity contribution is 5.71. The van der Waals surface area contributed by atoms with Gasteiger partial charge in [-0.25, -0.2) is 0 Å². The minimum Gasteiger partial charge on any atom is -0.505 e. The monoisotopic (exact) mass is 261 g/mol. The van der Waals surface area contributed by atoms with Gasteiger partial charge in [-0.15, -0.1) is 0 Å². The lowest BCUT2D eigenvalue weighted by atomic mass is 9.79. The minimum absolute atomic E-state index is 0.0437. The number of nitrogen functional groups attached to an aromatic ring is 1. The molecule has 1 aromatic heterocycles. The molecule has 3 rings (SSSR count). The molecule has 100 valence electrons. The first kappa shape index (κ1) is 12.0. The first-order chi connectivity index (χ1) is 9.16. The molecule has 1 aromatic carbocycles. The third-order valence-electron chi connectivity index (χ3n) is 3.68. The molecule has 1 aliphatic carbocycles.